The smallest absolute Gasteiger partial charge is 0.238 e. The lowest BCUT2D eigenvalue weighted by Crippen LogP contribution is -2.27. The van der Waals surface area contributed by atoms with Gasteiger partial charge >= 0.3 is 0 Å². The quantitative estimate of drug-likeness (QED) is 0.782. The van der Waals surface area contributed by atoms with Crippen LogP contribution in [0.25, 0.3) is 0 Å². The van der Waals surface area contributed by atoms with Crippen molar-refractivity contribution in [2.45, 2.75) is 13.5 Å². The van der Waals surface area contributed by atoms with E-state index in [4.69, 9.17) is 0 Å². The number of rotatable bonds is 5. The molecule has 0 saturated heterocycles. The molecule has 104 valence electrons. The van der Waals surface area contributed by atoms with Crippen LogP contribution < -0.4 is 10.6 Å². The molecule has 0 fully saturated rings. The largest absolute Gasteiger partial charge is 0.508 e. The number of carbonyl (C=O) groups excluding carboxylic acids is 1. The van der Waals surface area contributed by atoms with E-state index in [2.05, 4.69) is 10.6 Å². The van der Waals surface area contributed by atoms with Gasteiger partial charge in [0.2, 0.25) is 5.91 Å². The highest BCUT2D eigenvalue weighted by molar-refractivity contribution is 5.92. The standard InChI is InChI=1S/C16H18N2O2/c1-12-4-2-6-14(8-12)18-16(20)11-17-10-13-5-3-7-15(19)9-13/h2-9,17,19H,10-11H2,1H3,(H,18,20). The predicted molar refractivity (Wildman–Crippen MR) is 79.6 cm³/mol. The van der Waals surface area contributed by atoms with Crippen LogP contribution in [0.4, 0.5) is 5.69 Å². The van der Waals surface area contributed by atoms with Gasteiger partial charge in [-0.15, -0.1) is 0 Å². The van der Waals surface area contributed by atoms with Crippen molar-refractivity contribution in [1.29, 1.82) is 0 Å². The molecule has 0 saturated carbocycles. The Labute approximate surface area is 118 Å². The summed E-state index contributed by atoms with van der Waals surface area (Å²) in [5.41, 5.74) is 2.85. The molecule has 20 heavy (non-hydrogen) atoms. The van der Waals surface area contributed by atoms with Crippen LogP contribution in [0, 0.1) is 6.92 Å². The molecular formula is C16H18N2O2. The normalized spacial score (nSPS) is 10.2. The van der Waals surface area contributed by atoms with Crippen LogP contribution >= 0.6 is 0 Å². The summed E-state index contributed by atoms with van der Waals surface area (Å²) in [5, 5.41) is 15.2. The number of aromatic hydroxyl groups is 1. The molecule has 2 aromatic carbocycles. The number of benzene rings is 2. The molecule has 0 bridgehead atoms. The molecule has 2 aromatic rings. The summed E-state index contributed by atoms with van der Waals surface area (Å²) in [6.45, 7) is 2.75. The summed E-state index contributed by atoms with van der Waals surface area (Å²) < 4.78 is 0. The van der Waals surface area contributed by atoms with E-state index in [-0.39, 0.29) is 18.2 Å². The van der Waals surface area contributed by atoms with Crippen LogP contribution in [0.3, 0.4) is 0 Å². The first-order valence-electron chi connectivity index (χ1n) is 6.48. The van der Waals surface area contributed by atoms with Gasteiger partial charge in [-0.05, 0) is 42.3 Å². The van der Waals surface area contributed by atoms with E-state index in [1.165, 1.54) is 0 Å². The zero-order chi connectivity index (χ0) is 14.4. The van der Waals surface area contributed by atoms with E-state index in [9.17, 15) is 9.90 Å². The Morgan fingerprint density at radius 3 is 2.70 bits per heavy atom. The SMILES string of the molecule is Cc1cccc(NC(=O)CNCc2cccc(O)c2)c1. The van der Waals surface area contributed by atoms with Crippen molar-refractivity contribution in [2.24, 2.45) is 0 Å². The van der Waals surface area contributed by atoms with Gasteiger partial charge in [-0.3, -0.25) is 4.79 Å². The molecule has 1 amide bonds. The maximum absolute atomic E-state index is 11.8. The molecule has 0 atom stereocenters. The summed E-state index contributed by atoms with van der Waals surface area (Å²) in [5.74, 6) is 0.143. The Morgan fingerprint density at radius 1 is 1.15 bits per heavy atom. The lowest BCUT2D eigenvalue weighted by Gasteiger charge is -2.07. The Kier molecular flexibility index (Phi) is 4.74. The average Bonchev–Trinajstić information content (AvgIpc) is 2.38. The van der Waals surface area contributed by atoms with Gasteiger partial charge in [0.1, 0.15) is 5.75 Å². The first kappa shape index (κ1) is 14.1. The second kappa shape index (κ2) is 6.73. The Hall–Kier alpha value is -2.33. The first-order valence-corrected chi connectivity index (χ1v) is 6.48. The van der Waals surface area contributed by atoms with E-state index in [0.717, 1.165) is 16.8 Å². The van der Waals surface area contributed by atoms with Crippen LogP contribution in [0.2, 0.25) is 0 Å². The van der Waals surface area contributed by atoms with E-state index in [0.29, 0.717) is 6.54 Å². The van der Waals surface area contributed by atoms with Gasteiger partial charge in [0.05, 0.1) is 6.54 Å². The number of hydrogen-bond acceptors (Lipinski definition) is 3. The number of hydrogen-bond donors (Lipinski definition) is 3. The Bertz CT molecular complexity index is 597. The van der Waals surface area contributed by atoms with E-state index in [1.807, 2.05) is 37.3 Å². The van der Waals surface area contributed by atoms with Gasteiger partial charge in [-0.2, -0.15) is 0 Å². The molecule has 0 spiro atoms. The van der Waals surface area contributed by atoms with Crippen LogP contribution in [-0.4, -0.2) is 17.6 Å². The van der Waals surface area contributed by atoms with Gasteiger partial charge in [-0.1, -0.05) is 24.3 Å². The number of carbonyl (C=O) groups is 1. The number of nitrogens with one attached hydrogen (secondary N) is 2. The van der Waals surface area contributed by atoms with Gasteiger partial charge in [0.25, 0.3) is 0 Å². The lowest BCUT2D eigenvalue weighted by atomic mass is 10.2. The summed E-state index contributed by atoms with van der Waals surface area (Å²) in [6.07, 6.45) is 0. The lowest BCUT2D eigenvalue weighted by molar-refractivity contribution is -0.115. The minimum atomic E-state index is -0.0873. The maximum Gasteiger partial charge on any atom is 0.238 e. The molecule has 0 aliphatic carbocycles. The molecule has 2 rings (SSSR count). The van der Waals surface area contributed by atoms with Gasteiger partial charge in [0, 0.05) is 12.2 Å². The fourth-order valence-corrected chi connectivity index (χ4v) is 1.91. The van der Waals surface area contributed by atoms with Crippen LogP contribution in [-0.2, 0) is 11.3 Å². The Morgan fingerprint density at radius 2 is 1.95 bits per heavy atom. The summed E-state index contributed by atoms with van der Waals surface area (Å²) in [4.78, 5) is 11.8. The highest BCUT2D eigenvalue weighted by Gasteiger charge is 2.02. The van der Waals surface area contributed by atoms with Crippen molar-refractivity contribution in [3.63, 3.8) is 0 Å². The summed E-state index contributed by atoms with van der Waals surface area (Å²) >= 11 is 0. The third-order valence-corrected chi connectivity index (χ3v) is 2.83. The molecule has 0 heterocycles. The van der Waals surface area contributed by atoms with Crippen LogP contribution in [0.1, 0.15) is 11.1 Å². The van der Waals surface area contributed by atoms with Gasteiger partial charge < -0.3 is 15.7 Å². The molecule has 4 nitrogen and oxygen atoms in total. The van der Waals surface area contributed by atoms with Crippen molar-refractivity contribution < 1.29 is 9.90 Å². The third kappa shape index (κ3) is 4.40. The summed E-state index contributed by atoms with van der Waals surface area (Å²) in [6, 6.07) is 14.6. The second-order valence-electron chi connectivity index (χ2n) is 4.69. The highest BCUT2D eigenvalue weighted by Crippen LogP contribution is 2.11. The number of phenols is 1. The summed E-state index contributed by atoms with van der Waals surface area (Å²) in [7, 11) is 0. The number of aryl methyl sites for hydroxylation is 1. The molecule has 0 unspecified atom stereocenters. The second-order valence-corrected chi connectivity index (χ2v) is 4.69. The van der Waals surface area contributed by atoms with Crippen LogP contribution in [0.5, 0.6) is 5.75 Å². The van der Waals surface area contributed by atoms with Crippen molar-refractivity contribution in [3.8, 4) is 5.75 Å². The predicted octanol–water partition coefficient (Wildman–Crippen LogP) is 2.43. The van der Waals surface area contributed by atoms with Crippen molar-refractivity contribution in [2.75, 3.05) is 11.9 Å². The minimum Gasteiger partial charge on any atom is -0.508 e. The number of amides is 1. The molecule has 4 heteroatoms. The number of phenolic OH excluding ortho intramolecular Hbond substituents is 1. The van der Waals surface area contributed by atoms with E-state index >= 15 is 0 Å². The monoisotopic (exact) mass is 270 g/mol. The fourth-order valence-electron chi connectivity index (χ4n) is 1.91. The Balaban J connectivity index is 1.78. The first-order chi connectivity index (χ1) is 9.63. The molecule has 0 radical (unpaired) electrons. The molecule has 3 N–H and O–H groups in total. The van der Waals surface area contributed by atoms with E-state index < -0.39 is 0 Å². The molecule has 0 aromatic heterocycles. The fraction of sp³-hybridized carbons (Fsp3) is 0.188. The van der Waals surface area contributed by atoms with Gasteiger partial charge in [0.15, 0.2) is 0 Å². The minimum absolute atomic E-state index is 0.0873. The zero-order valence-electron chi connectivity index (χ0n) is 11.4. The van der Waals surface area contributed by atoms with Gasteiger partial charge in [-0.25, -0.2) is 0 Å². The van der Waals surface area contributed by atoms with Crippen molar-refractivity contribution in [3.05, 3.63) is 59.7 Å². The average molecular weight is 270 g/mol. The molecule has 0 aliphatic rings. The van der Waals surface area contributed by atoms with Crippen molar-refractivity contribution >= 4 is 11.6 Å². The topological polar surface area (TPSA) is 61.4 Å². The number of anilines is 1. The molecule has 0 aliphatic heterocycles. The van der Waals surface area contributed by atoms with E-state index in [1.54, 1.807) is 18.2 Å². The zero-order valence-corrected chi connectivity index (χ0v) is 11.4. The maximum atomic E-state index is 11.8. The molecular weight excluding hydrogens is 252 g/mol. The van der Waals surface area contributed by atoms with Crippen LogP contribution in [0.15, 0.2) is 48.5 Å². The van der Waals surface area contributed by atoms with Crippen molar-refractivity contribution in [1.82, 2.24) is 5.32 Å². The third-order valence-electron chi connectivity index (χ3n) is 2.83. The highest BCUT2D eigenvalue weighted by atomic mass is 16.3.